The molecule has 0 aliphatic carbocycles. The molecule has 138 valence electrons. The van der Waals surface area contributed by atoms with Gasteiger partial charge in [-0.05, 0) is 18.3 Å². The lowest BCUT2D eigenvalue weighted by Crippen LogP contribution is -2.57. The number of primary amides is 1. The number of carboxylic acid groups (broad SMARTS) is 1. The summed E-state index contributed by atoms with van der Waals surface area (Å²) in [6.45, 7) is 7.13. The van der Waals surface area contributed by atoms with Crippen LogP contribution in [0, 0.1) is 11.8 Å². The van der Waals surface area contributed by atoms with Crippen LogP contribution in [-0.2, 0) is 19.2 Å². The quantitative estimate of drug-likeness (QED) is 0.339. The van der Waals surface area contributed by atoms with Crippen molar-refractivity contribution in [3.63, 3.8) is 0 Å². The standard InChI is InChI=1S/C15H28N4O5/c1-7(2)5-9(16)14(23)18-10(6-11(20)21)15(24)19-12(8(3)4)13(17)22/h7-10,12H,5-6,16H2,1-4H3,(H2,17,22)(H,18,23)(H,19,24)(H,20,21)/t9-,10-,12-/m0/s1. The molecule has 0 aromatic carbocycles. The second kappa shape index (κ2) is 9.86. The fourth-order valence-corrected chi connectivity index (χ4v) is 2.10. The Labute approximate surface area is 141 Å². The lowest BCUT2D eigenvalue weighted by Gasteiger charge is -2.24. The van der Waals surface area contributed by atoms with Crippen molar-refractivity contribution in [2.24, 2.45) is 23.3 Å². The molecule has 0 unspecified atom stereocenters. The minimum absolute atomic E-state index is 0.165. The number of carboxylic acids is 1. The van der Waals surface area contributed by atoms with Gasteiger partial charge in [0.15, 0.2) is 0 Å². The fourth-order valence-electron chi connectivity index (χ4n) is 2.10. The van der Waals surface area contributed by atoms with E-state index in [1.807, 2.05) is 13.8 Å². The number of hydrogen-bond donors (Lipinski definition) is 5. The highest BCUT2D eigenvalue weighted by molar-refractivity contribution is 5.94. The molecule has 0 saturated carbocycles. The van der Waals surface area contributed by atoms with Gasteiger partial charge in [-0.25, -0.2) is 0 Å². The van der Waals surface area contributed by atoms with Gasteiger partial charge in [0.1, 0.15) is 12.1 Å². The Hall–Kier alpha value is -2.16. The van der Waals surface area contributed by atoms with Crippen molar-refractivity contribution < 1.29 is 24.3 Å². The number of amides is 3. The minimum Gasteiger partial charge on any atom is -0.481 e. The highest BCUT2D eigenvalue weighted by Gasteiger charge is 2.30. The van der Waals surface area contributed by atoms with Crippen molar-refractivity contribution in [3.05, 3.63) is 0 Å². The molecule has 24 heavy (non-hydrogen) atoms. The van der Waals surface area contributed by atoms with Crippen LogP contribution in [0.2, 0.25) is 0 Å². The number of carbonyl (C=O) groups excluding carboxylic acids is 3. The molecular weight excluding hydrogens is 316 g/mol. The Bertz CT molecular complexity index is 478. The summed E-state index contributed by atoms with van der Waals surface area (Å²) >= 11 is 0. The van der Waals surface area contributed by atoms with E-state index >= 15 is 0 Å². The van der Waals surface area contributed by atoms with Crippen LogP contribution < -0.4 is 22.1 Å². The lowest BCUT2D eigenvalue weighted by atomic mass is 10.0. The third-order valence-electron chi connectivity index (χ3n) is 3.34. The Balaban J connectivity index is 5.05. The molecule has 3 atom stereocenters. The summed E-state index contributed by atoms with van der Waals surface area (Å²) in [6.07, 6.45) is -0.237. The summed E-state index contributed by atoms with van der Waals surface area (Å²) in [4.78, 5) is 46.6. The molecule has 0 aromatic heterocycles. The van der Waals surface area contributed by atoms with E-state index in [9.17, 15) is 19.2 Å². The van der Waals surface area contributed by atoms with Gasteiger partial charge in [-0.1, -0.05) is 27.7 Å². The Morgan fingerprint density at radius 1 is 1.00 bits per heavy atom. The number of hydrogen-bond acceptors (Lipinski definition) is 5. The maximum Gasteiger partial charge on any atom is 0.305 e. The summed E-state index contributed by atoms with van der Waals surface area (Å²) in [7, 11) is 0. The van der Waals surface area contributed by atoms with Crippen molar-refractivity contribution in [2.75, 3.05) is 0 Å². The molecule has 0 heterocycles. The zero-order chi connectivity index (χ0) is 19.0. The molecule has 0 rings (SSSR count). The molecule has 7 N–H and O–H groups in total. The third-order valence-corrected chi connectivity index (χ3v) is 3.34. The minimum atomic E-state index is -1.34. The predicted octanol–water partition coefficient (Wildman–Crippen LogP) is -1.05. The van der Waals surface area contributed by atoms with E-state index in [1.165, 1.54) is 0 Å². The summed E-state index contributed by atoms with van der Waals surface area (Å²) in [6, 6.07) is -3.16. The first-order valence-corrected chi connectivity index (χ1v) is 7.83. The van der Waals surface area contributed by atoms with E-state index < -0.39 is 48.2 Å². The van der Waals surface area contributed by atoms with Gasteiger partial charge in [0.05, 0.1) is 12.5 Å². The highest BCUT2D eigenvalue weighted by Crippen LogP contribution is 2.05. The monoisotopic (exact) mass is 344 g/mol. The van der Waals surface area contributed by atoms with Crippen LogP contribution >= 0.6 is 0 Å². The topological polar surface area (TPSA) is 165 Å². The van der Waals surface area contributed by atoms with Crippen LogP contribution in [0.4, 0.5) is 0 Å². The van der Waals surface area contributed by atoms with Crippen molar-refractivity contribution in [3.8, 4) is 0 Å². The predicted molar refractivity (Wildman–Crippen MR) is 87.6 cm³/mol. The molecule has 3 amide bonds. The van der Waals surface area contributed by atoms with E-state index in [1.54, 1.807) is 13.8 Å². The molecule has 0 saturated heterocycles. The second-order valence-corrected chi connectivity index (χ2v) is 6.53. The number of carbonyl (C=O) groups is 4. The fraction of sp³-hybridized carbons (Fsp3) is 0.733. The average Bonchev–Trinajstić information content (AvgIpc) is 2.41. The first kappa shape index (κ1) is 21.8. The van der Waals surface area contributed by atoms with Crippen molar-refractivity contribution in [1.82, 2.24) is 10.6 Å². The largest absolute Gasteiger partial charge is 0.481 e. The van der Waals surface area contributed by atoms with Gasteiger partial charge in [0, 0.05) is 0 Å². The zero-order valence-corrected chi connectivity index (χ0v) is 14.5. The zero-order valence-electron chi connectivity index (χ0n) is 14.5. The van der Waals surface area contributed by atoms with Crippen molar-refractivity contribution in [1.29, 1.82) is 0 Å². The lowest BCUT2D eigenvalue weighted by molar-refractivity contribution is -0.141. The summed E-state index contributed by atoms with van der Waals surface area (Å²) in [5.74, 6) is -3.54. The smallest absolute Gasteiger partial charge is 0.305 e. The van der Waals surface area contributed by atoms with E-state index in [0.717, 1.165) is 0 Å². The summed E-state index contributed by atoms with van der Waals surface area (Å²) in [5, 5.41) is 13.6. The van der Waals surface area contributed by atoms with Gasteiger partial charge in [-0.2, -0.15) is 0 Å². The van der Waals surface area contributed by atoms with Gasteiger partial charge < -0.3 is 27.2 Å². The number of rotatable bonds is 10. The molecule has 0 aromatic rings. The average molecular weight is 344 g/mol. The van der Waals surface area contributed by atoms with E-state index in [-0.39, 0.29) is 11.8 Å². The maximum atomic E-state index is 12.2. The van der Waals surface area contributed by atoms with Gasteiger partial charge in [-0.15, -0.1) is 0 Å². The summed E-state index contributed by atoms with van der Waals surface area (Å²) in [5.41, 5.74) is 10.9. The first-order valence-electron chi connectivity index (χ1n) is 7.83. The van der Waals surface area contributed by atoms with E-state index in [0.29, 0.717) is 6.42 Å². The van der Waals surface area contributed by atoms with Gasteiger partial charge in [0.25, 0.3) is 0 Å². The number of nitrogens with one attached hydrogen (secondary N) is 2. The summed E-state index contributed by atoms with van der Waals surface area (Å²) < 4.78 is 0. The molecule has 0 aliphatic rings. The van der Waals surface area contributed by atoms with Crippen molar-refractivity contribution >= 4 is 23.7 Å². The SMILES string of the molecule is CC(C)C[C@H](N)C(=O)N[C@@H](CC(=O)O)C(=O)N[C@H](C(N)=O)C(C)C. The normalized spacial score (nSPS) is 14.8. The molecule has 0 aliphatic heterocycles. The van der Waals surface area contributed by atoms with E-state index in [4.69, 9.17) is 16.6 Å². The van der Waals surface area contributed by atoms with Crippen LogP contribution in [0.1, 0.15) is 40.5 Å². The van der Waals surface area contributed by atoms with Crippen LogP contribution in [0.3, 0.4) is 0 Å². The molecule has 0 fully saturated rings. The molecule has 0 spiro atoms. The molecular formula is C15H28N4O5. The van der Waals surface area contributed by atoms with Gasteiger partial charge >= 0.3 is 5.97 Å². The van der Waals surface area contributed by atoms with E-state index in [2.05, 4.69) is 10.6 Å². The van der Waals surface area contributed by atoms with Crippen LogP contribution in [-0.4, -0.2) is 46.9 Å². The molecule has 0 bridgehead atoms. The third kappa shape index (κ3) is 7.91. The van der Waals surface area contributed by atoms with Crippen LogP contribution in [0.15, 0.2) is 0 Å². The van der Waals surface area contributed by atoms with Gasteiger partial charge in [0.2, 0.25) is 17.7 Å². The molecule has 9 nitrogen and oxygen atoms in total. The molecule has 9 heteroatoms. The van der Waals surface area contributed by atoms with Crippen LogP contribution in [0.25, 0.3) is 0 Å². The Morgan fingerprint density at radius 3 is 1.92 bits per heavy atom. The Morgan fingerprint density at radius 2 is 1.54 bits per heavy atom. The Kier molecular flexibility index (Phi) is 8.97. The van der Waals surface area contributed by atoms with Crippen molar-refractivity contribution in [2.45, 2.75) is 58.7 Å². The van der Waals surface area contributed by atoms with Crippen LogP contribution in [0.5, 0.6) is 0 Å². The highest BCUT2D eigenvalue weighted by atomic mass is 16.4. The maximum absolute atomic E-state index is 12.2. The number of aliphatic carboxylic acids is 1. The first-order chi connectivity index (χ1) is 11.0. The molecule has 0 radical (unpaired) electrons. The second-order valence-electron chi connectivity index (χ2n) is 6.53. The number of nitrogens with two attached hydrogens (primary N) is 2. The van der Waals surface area contributed by atoms with Gasteiger partial charge in [-0.3, -0.25) is 19.2 Å².